The van der Waals surface area contributed by atoms with Gasteiger partial charge >= 0.3 is 6.18 Å². The second-order valence-electron chi connectivity index (χ2n) is 17.4. The molecule has 5 heteroatoms. The lowest BCUT2D eigenvalue weighted by molar-refractivity contribution is -0.137. The molecule has 13 aromatic rings. The van der Waals surface area contributed by atoms with E-state index in [1.54, 1.807) is 12.1 Å². The first-order chi connectivity index (χ1) is 32.8. The largest absolute Gasteiger partial charge is 0.416 e. The molecule has 0 unspecified atom stereocenters. The first-order valence-corrected chi connectivity index (χ1v) is 22.4. The maximum Gasteiger partial charge on any atom is 0.416 e. The fraction of sp³-hybridized carbons (Fsp3) is 0.0161. The average molecular weight is 867 g/mol. The van der Waals surface area contributed by atoms with E-state index in [9.17, 15) is 13.2 Å². The van der Waals surface area contributed by atoms with Crippen LogP contribution in [-0.4, -0.2) is 9.55 Å². The maximum absolute atomic E-state index is 13.6. The van der Waals surface area contributed by atoms with E-state index in [0.717, 1.165) is 127 Å². The Balaban J connectivity index is 1.12. The summed E-state index contributed by atoms with van der Waals surface area (Å²) in [4.78, 5) is 5.42. The van der Waals surface area contributed by atoms with Crippen LogP contribution >= 0.6 is 0 Å². The normalized spacial score (nSPS) is 12.1. The van der Waals surface area contributed by atoms with Gasteiger partial charge in [-0.05, 0) is 143 Å². The monoisotopic (exact) mass is 866 g/mol. The lowest BCUT2D eigenvalue weighted by Crippen LogP contribution is -2.03. The van der Waals surface area contributed by atoms with E-state index in [0.29, 0.717) is 0 Å². The van der Waals surface area contributed by atoms with E-state index in [-0.39, 0.29) is 0 Å². The topological polar surface area (TPSA) is 17.8 Å². The molecule has 0 fully saturated rings. The standard InChI is InChI=1S/C62H37F3N2/c63-62(64,65)48-26-22-41(23-27-48)44-24-28-52-50-16-8-9-17-51(50)54-36-57-56-33-45(38-10-2-1-3-11-38)25-29-60(56)67(61(57)37-55(54)53(52)32-44)49-34-58(46-20-18-39-12-4-6-14-42(39)30-46)66-59(35-49)47-21-19-40-13-5-7-15-43(40)31-47/h1-37H. The van der Waals surface area contributed by atoms with E-state index >= 15 is 0 Å². The summed E-state index contributed by atoms with van der Waals surface area (Å²) in [5.74, 6) is 0. The minimum Gasteiger partial charge on any atom is -0.309 e. The summed E-state index contributed by atoms with van der Waals surface area (Å²) in [7, 11) is 0. The summed E-state index contributed by atoms with van der Waals surface area (Å²) in [6, 6.07) is 76.5. The number of hydrogen-bond donors (Lipinski definition) is 0. The fourth-order valence-electron chi connectivity index (χ4n) is 10.2. The highest BCUT2D eigenvalue weighted by Gasteiger charge is 2.30. The number of nitrogens with zero attached hydrogens (tertiary/aromatic N) is 2. The number of fused-ring (bicyclic) bond motifs is 11. The molecule has 0 saturated heterocycles. The van der Waals surface area contributed by atoms with Crippen LogP contribution in [0, 0.1) is 0 Å². The molecule has 0 aliphatic rings. The second kappa shape index (κ2) is 15.0. The van der Waals surface area contributed by atoms with Gasteiger partial charge in [0.05, 0.1) is 33.7 Å². The first kappa shape index (κ1) is 38.9. The van der Waals surface area contributed by atoms with Crippen LogP contribution in [0.2, 0.25) is 0 Å². The maximum atomic E-state index is 13.6. The van der Waals surface area contributed by atoms with Gasteiger partial charge in [-0.15, -0.1) is 0 Å². The van der Waals surface area contributed by atoms with Crippen molar-refractivity contribution in [3.8, 4) is 50.5 Å². The Morgan fingerprint density at radius 2 is 0.761 bits per heavy atom. The Kier molecular flexibility index (Phi) is 8.71. The lowest BCUT2D eigenvalue weighted by Gasteiger charge is -2.15. The summed E-state index contributed by atoms with van der Waals surface area (Å²) in [6.07, 6.45) is -4.41. The Bertz CT molecular complexity index is 4030. The van der Waals surface area contributed by atoms with Crippen molar-refractivity contribution in [1.29, 1.82) is 0 Å². The predicted octanol–water partition coefficient (Wildman–Crippen LogP) is 17.6. The van der Waals surface area contributed by atoms with Crippen LogP contribution in [0.5, 0.6) is 0 Å². The van der Waals surface area contributed by atoms with Gasteiger partial charge in [0.1, 0.15) is 0 Å². The molecule has 0 atom stereocenters. The molecule has 2 heterocycles. The Morgan fingerprint density at radius 3 is 1.40 bits per heavy atom. The molecule has 316 valence electrons. The van der Waals surface area contributed by atoms with Crippen LogP contribution < -0.4 is 0 Å². The predicted molar refractivity (Wildman–Crippen MR) is 273 cm³/mol. The van der Waals surface area contributed by atoms with E-state index in [1.165, 1.54) is 10.8 Å². The van der Waals surface area contributed by atoms with Gasteiger partial charge in [0.25, 0.3) is 0 Å². The third-order valence-corrected chi connectivity index (χ3v) is 13.5. The molecule has 0 amide bonds. The third kappa shape index (κ3) is 6.53. The van der Waals surface area contributed by atoms with Crippen LogP contribution in [0.15, 0.2) is 224 Å². The Labute approximate surface area is 383 Å². The van der Waals surface area contributed by atoms with Gasteiger partial charge in [-0.1, -0.05) is 158 Å². The molecule has 0 N–H and O–H groups in total. The summed E-state index contributed by atoms with van der Waals surface area (Å²) >= 11 is 0. The second-order valence-corrected chi connectivity index (χ2v) is 17.4. The zero-order chi connectivity index (χ0) is 44.8. The molecule has 0 bridgehead atoms. The highest BCUT2D eigenvalue weighted by molar-refractivity contribution is 6.29. The molecular formula is C62H37F3N2. The smallest absolute Gasteiger partial charge is 0.309 e. The van der Waals surface area contributed by atoms with Crippen molar-refractivity contribution >= 4 is 75.7 Å². The van der Waals surface area contributed by atoms with Gasteiger partial charge in [-0.2, -0.15) is 13.2 Å². The van der Waals surface area contributed by atoms with Crippen LogP contribution in [0.25, 0.3) is 126 Å². The van der Waals surface area contributed by atoms with Crippen molar-refractivity contribution in [3.63, 3.8) is 0 Å². The van der Waals surface area contributed by atoms with Gasteiger partial charge in [-0.3, -0.25) is 0 Å². The number of hydrogen-bond acceptors (Lipinski definition) is 1. The van der Waals surface area contributed by atoms with Crippen molar-refractivity contribution in [2.45, 2.75) is 6.18 Å². The molecule has 0 aliphatic carbocycles. The highest BCUT2D eigenvalue weighted by atomic mass is 19.4. The average Bonchev–Trinajstić information content (AvgIpc) is 3.70. The zero-order valence-corrected chi connectivity index (χ0v) is 35.9. The van der Waals surface area contributed by atoms with E-state index < -0.39 is 11.7 Å². The summed E-state index contributed by atoms with van der Waals surface area (Å²) in [5.41, 5.74) is 10.0. The van der Waals surface area contributed by atoms with Crippen LogP contribution in [0.3, 0.4) is 0 Å². The van der Waals surface area contributed by atoms with E-state index in [2.05, 4.69) is 193 Å². The van der Waals surface area contributed by atoms with E-state index in [1.807, 2.05) is 12.1 Å². The molecular weight excluding hydrogens is 830 g/mol. The van der Waals surface area contributed by atoms with Crippen molar-refractivity contribution in [3.05, 3.63) is 230 Å². The first-order valence-electron chi connectivity index (χ1n) is 22.4. The zero-order valence-electron chi connectivity index (χ0n) is 35.9. The van der Waals surface area contributed by atoms with Crippen molar-refractivity contribution < 1.29 is 13.2 Å². The molecule has 2 aromatic heterocycles. The Morgan fingerprint density at radius 1 is 0.299 bits per heavy atom. The molecule has 0 aliphatic heterocycles. The van der Waals surface area contributed by atoms with Gasteiger partial charge in [0.15, 0.2) is 0 Å². The Hall–Kier alpha value is -8.54. The number of pyridine rings is 1. The molecule has 0 radical (unpaired) electrons. The van der Waals surface area contributed by atoms with Crippen LogP contribution in [0.4, 0.5) is 13.2 Å². The number of halogens is 3. The molecule has 2 nitrogen and oxygen atoms in total. The summed E-state index contributed by atoms with van der Waals surface area (Å²) in [5, 5.41) is 13.4. The van der Waals surface area contributed by atoms with Crippen molar-refractivity contribution in [1.82, 2.24) is 9.55 Å². The van der Waals surface area contributed by atoms with Crippen molar-refractivity contribution in [2.75, 3.05) is 0 Å². The molecule has 11 aromatic carbocycles. The third-order valence-electron chi connectivity index (χ3n) is 13.5. The fourth-order valence-corrected chi connectivity index (χ4v) is 10.2. The van der Waals surface area contributed by atoms with Crippen molar-refractivity contribution in [2.24, 2.45) is 0 Å². The van der Waals surface area contributed by atoms with Gasteiger partial charge in [-0.25, -0.2) is 4.98 Å². The van der Waals surface area contributed by atoms with Crippen LogP contribution in [-0.2, 0) is 6.18 Å². The highest BCUT2D eigenvalue weighted by Crippen LogP contribution is 2.44. The number of benzene rings is 11. The summed E-state index contributed by atoms with van der Waals surface area (Å²) in [6.45, 7) is 0. The van der Waals surface area contributed by atoms with Crippen LogP contribution in [0.1, 0.15) is 5.56 Å². The minimum absolute atomic E-state index is 0.664. The minimum atomic E-state index is -4.41. The van der Waals surface area contributed by atoms with E-state index in [4.69, 9.17) is 4.98 Å². The van der Waals surface area contributed by atoms with Gasteiger partial charge in [0, 0.05) is 21.9 Å². The number of alkyl halides is 3. The number of rotatable bonds is 5. The molecule has 13 rings (SSSR count). The van der Waals surface area contributed by atoms with Gasteiger partial charge < -0.3 is 4.57 Å². The lowest BCUT2D eigenvalue weighted by atomic mass is 9.91. The molecule has 0 spiro atoms. The molecule has 0 saturated carbocycles. The molecule has 67 heavy (non-hydrogen) atoms. The summed E-state index contributed by atoms with van der Waals surface area (Å²) < 4.78 is 43.3. The SMILES string of the molecule is FC(F)(F)c1ccc(-c2ccc3c4ccccc4c4cc5c6cc(-c7ccccc7)ccc6n(-c6cc(-c7ccc8ccccc8c7)nc(-c7ccc8ccccc8c7)c6)c5cc4c3c2)cc1. The number of aromatic nitrogens is 2. The van der Waals surface area contributed by atoms with Gasteiger partial charge in [0.2, 0.25) is 0 Å². The quantitative estimate of drug-likeness (QED) is 0.158.